The van der Waals surface area contributed by atoms with Crippen molar-refractivity contribution in [3.8, 4) is 6.07 Å². The fourth-order valence-corrected chi connectivity index (χ4v) is 4.75. The lowest BCUT2D eigenvalue weighted by molar-refractivity contribution is -0.246. The van der Waals surface area contributed by atoms with E-state index in [9.17, 15) is 9.90 Å². The van der Waals surface area contributed by atoms with Crippen molar-refractivity contribution >= 4 is 11.8 Å². The number of likely N-dealkylation sites (tertiary alicyclic amines) is 1. The van der Waals surface area contributed by atoms with Gasteiger partial charge in [0.1, 0.15) is 6.09 Å². The van der Waals surface area contributed by atoms with E-state index in [-0.39, 0.29) is 0 Å². The summed E-state index contributed by atoms with van der Waals surface area (Å²) in [6.45, 7) is 2.36. The number of rotatable bonds is 5. The first-order valence-electron chi connectivity index (χ1n) is 9.42. The number of carboxylic acid groups (broad SMARTS) is 1. The molecule has 2 aromatic carbocycles. The molecule has 27 heavy (non-hydrogen) atoms. The molecule has 0 radical (unpaired) electrons. The predicted molar refractivity (Wildman–Crippen MR) is 101 cm³/mol. The SMILES string of the molecule is N#Cc1cccc(N(CC2C3CCC2N(Cc2ccccc2)C3)C(=O)[O-])c1. The number of fused-ring (bicyclic) bond motifs is 2. The molecule has 5 heteroatoms. The third-order valence-electron chi connectivity index (χ3n) is 6.00. The summed E-state index contributed by atoms with van der Waals surface area (Å²) in [6.07, 6.45) is 1.06. The van der Waals surface area contributed by atoms with Gasteiger partial charge in [0.2, 0.25) is 0 Å². The van der Waals surface area contributed by atoms with E-state index in [2.05, 4.69) is 35.2 Å². The minimum absolute atomic E-state index is 0.303. The van der Waals surface area contributed by atoms with Crippen molar-refractivity contribution in [2.45, 2.75) is 25.4 Å². The van der Waals surface area contributed by atoms with Crippen molar-refractivity contribution in [3.63, 3.8) is 0 Å². The average molecular weight is 360 g/mol. The summed E-state index contributed by atoms with van der Waals surface area (Å²) < 4.78 is 0. The molecule has 5 nitrogen and oxygen atoms in total. The topological polar surface area (TPSA) is 70.4 Å². The summed E-state index contributed by atoms with van der Waals surface area (Å²) in [5.41, 5.74) is 2.27. The number of carbonyl (C=O) groups excluding carboxylic acids is 1. The van der Waals surface area contributed by atoms with Gasteiger partial charge in [-0.15, -0.1) is 0 Å². The van der Waals surface area contributed by atoms with Gasteiger partial charge in [0.05, 0.1) is 11.6 Å². The molecule has 3 atom stereocenters. The van der Waals surface area contributed by atoms with Crippen molar-refractivity contribution in [1.29, 1.82) is 5.26 Å². The molecule has 0 N–H and O–H groups in total. The zero-order chi connectivity index (χ0) is 18.8. The van der Waals surface area contributed by atoms with Crippen molar-refractivity contribution in [1.82, 2.24) is 4.90 Å². The zero-order valence-corrected chi connectivity index (χ0v) is 15.1. The van der Waals surface area contributed by atoms with Gasteiger partial charge in [-0.25, -0.2) is 0 Å². The van der Waals surface area contributed by atoms with Gasteiger partial charge in [0.25, 0.3) is 0 Å². The van der Waals surface area contributed by atoms with Crippen LogP contribution in [0.4, 0.5) is 10.5 Å². The van der Waals surface area contributed by atoms with Gasteiger partial charge in [-0.05, 0) is 48.4 Å². The first kappa shape index (κ1) is 17.6. The number of nitriles is 1. The van der Waals surface area contributed by atoms with Crippen molar-refractivity contribution < 1.29 is 9.90 Å². The average Bonchev–Trinajstić information content (AvgIpc) is 3.23. The molecule has 0 spiro atoms. The van der Waals surface area contributed by atoms with Crippen LogP contribution in [0.1, 0.15) is 24.0 Å². The van der Waals surface area contributed by atoms with E-state index in [1.54, 1.807) is 24.3 Å². The van der Waals surface area contributed by atoms with Crippen LogP contribution in [-0.2, 0) is 6.54 Å². The second kappa shape index (κ2) is 7.42. The largest absolute Gasteiger partial charge is 0.530 e. The van der Waals surface area contributed by atoms with Crippen LogP contribution in [0.25, 0.3) is 0 Å². The Morgan fingerprint density at radius 1 is 1.19 bits per heavy atom. The van der Waals surface area contributed by atoms with Crippen molar-refractivity contribution in [3.05, 3.63) is 65.7 Å². The fraction of sp³-hybridized carbons (Fsp3) is 0.364. The van der Waals surface area contributed by atoms with Gasteiger partial charge >= 0.3 is 0 Å². The highest BCUT2D eigenvalue weighted by atomic mass is 16.4. The lowest BCUT2D eigenvalue weighted by Crippen LogP contribution is -2.46. The smallest absolute Gasteiger partial charge is 0.141 e. The lowest BCUT2D eigenvalue weighted by atomic mass is 9.97. The van der Waals surface area contributed by atoms with E-state index >= 15 is 0 Å². The molecule has 2 fully saturated rings. The van der Waals surface area contributed by atoms with Crippen LogP contribution in [0.5, 0.6) is 0 Å². The standard InChI is InChI=1S/C22H23N3O2/c23-12-17-7-4-8-19(11-17)25(22(26)27)15-20-18-9-10-21(20)24(14-18)13-16-5-2-1-3-6-16/h1-8,11,18,20-21H,9-10,13-15H2,(H,26,27)/p-1. The Balaban J connectivity index is 1.51. The Morgan fingerprint density at radius 2 is 2.00 bits per heavy atom. The first-order chi connectivity index (χ1) is 13.2. The van der Waals surface area contributed by atoms with Crippen LogP contribution in [0.2, 0.25) is 0 Å². The zero-order valence-electron chi connectivity index (χ0n) is 15.1. The van der Waals surface area contributed by atoms with Gasteiger partial charge in [-0.3, -0.25) is 4.90 Å². The van der Waals surface area contributed by atoms with Crippen LogP contribution in [0.3, 0.4) is 0 Å². The van der Waals surface area contributed by atoms with E-state index in [1.807, 2.05) is 6.07 Å². The molecule has 1 aliphatic heterocycles. The molecule has 2 aromatic rings. The molecule has 4 rings (SSSR count). The van der Waals surface area contributed by atoms with Gasteiger partial charge in [-0.2, -0.15) is 5.26 Å². The Bertz CT molecular complexity index is 861. The van der Waals surface area contributed by atoms with Gasteiger partial charge in [0, 0.05) is 31.4 Å². The summed E-state index contributed by atoms with van der Waals surface area (Å²) in [5.74, 6) is 0.817. The maximum Gasteiger partial charge on any atom is 0.141 e. The number of piperidine rings is 1. The molecular formula is C22H22N3O2-. The third-order valence-corrected chi connectivity index (χ3v) is 6.00. The third kappa shape index (κ3) is 3.54. The molecule has 138 valence electrons. The monoisotopic (exact) mass is 360 g/mol. The van der Waals surface area contributed by atoms with Crippen LogP contribution >= 0.6 is 0 Å². The highest BCUT2D eigenvalue weighted by Gasteiger charge is 2.47. The number of anilines is 1. The van der Waals surface area contributed by atoms with E-state index in [4.69, 9.17) is 5.26 Å². The number of amides is 1. The number of hydrogen-bond acceptors (Lipinski definition) is 4. The molecule has 1 amide bonds. The Hall–Kier alpha value is -2.84. The highest BCUT2D eigenvalue weighted by molar-refractivity contribution is 5.84. The van der Waals surface area contributed by atoms with E-state index < -0.39 is 6.09 Å². The van der Waals surface area contributed by atoms with E-state index in [0.29, 0.717) is 35.7 Å². The maximum absolute atomic E-state index is 11.8. The molecule has 2 bridgehead atoms. The molecular weight excluding hydrogens is 338 g/mol. The number of benzene rings is 2. The van der Waals surface area contributed by atoms with Crippen LogP contribution in [0.15, 0.2) is 54.6 Å². The molecule has 1 heterocycles. The molecule has 1 saturated carbocycles. The van der Waals surface area contributed by atoms with Crippen LogP contribution in [-0.4, -0.2) is 30.1 Å². The molecule has 0 aromatic heterocycles. The van der Waals surface area contributed by atoms with Gasteiger partial charge in [-0.1, -0.05) is 36.4 Å². The van der Waals surface area contributed by atoms with Gasteiger partial charge in [0.15, 0.2) is 0 Å². The molecule has 3 unspecified atom stereocenters. The molecule has 1 aliphatic carbocycles. The van der Waals surface area contributed by atoms with Crippen molar-refractivity contribution in [2.24, 2.45) is 11.8 Å². The quantitative estimate of drug-likeness (QED) is 0.822. The Kier molecular flexibility index (Phi) is 4.83. The fourth-order valence-electron chi connectivity index (χ4n) is 4.75. The lowest BCUT2D eigenvalue weighted by Gasteiger charge is -2.31. The second-order valence-electron chi connectivity index (χ2n) is 7.52. The summed E-state index contributed by atoms with van der Waals surface area (Å²) in [4.78, 5) is 15.6. The molecule has 2 aliphatic rings. The summed E-state index contributed by atoms with van der Waals surface area (Å²) in [7, 11) is 0. The Labute approximate surface area is 159 Å². The molecule has 1 saturated heterocycles. The minimum atomic E-state index is -1.20. The number of carbonyl (C=O) groups is 1. The van der Waals surface area contributed by atoms with Crippen LogP contribution in [0, 0.1) is 23.2 Å². The number of nitrogens with zero attached hydrogens (tertiary/aromatic N) is 3. The van der Waals surface area contributed by atoms with E-state index in [1.165, 1.54) is 10.5 Å². The van der Waals surface area contributed by atoms with E-state index in [0.717, 1.165) is 25.9 Å². The van der Waals surface area contributed by atoms with Crippen molar-refractivity contribution in [2.75, 3.05) is 18.0 Å². The summed E-state index contributed by atoms with van der Waals surface area (Å²) in [6, 6.07) is 19.6. The summed E-state index contributed by atoms with van der Waals surface area (Å²) >= 11 is 0. The predicted octanol–water partition coefficient (Wildman–Crippen LogP) is 2.62. The minimum Gasteiger partial charge on any atom is -0.530 e. The number of hydrogen-bond donors (Lipinski definition) is 0. The second-order valence-corrected chi connectivity index (χ2v) is 7.52. The Morgan fingerprint density at radius 3 is 2.74 bits per heavy atom. The summed E-state index contributed by atoms with van der Waals surface area (Å²) in [5, 5.41) is 20.9. The van der Waals surface area contributed by atoms with Gasteiger partial charge < -0.3 is 14.8 Å². The first-order valence-corrected chi connectivity index (χ1v) is 9.42. The normalized spacial score (nSPS) is 23.9. The highest BCUT2D eigenvalue weighted by Crippen LogP contribution is 2.44. The van der Waals surface area contributed by atoms with Crippen LogP contribution < -0.4 is 10.0 Å². The maximum atomic E-state index is 11.8.